The van der Waals surface area contributed by atoms with E-state index < -0.39 is 166 Å². The molecule has 0 saturated carbocycles. The molecule has 0 bridgehead atoms. The van der Waals surface area contributed by atoms with E-state index >= 15 is 0 Å². The average molecular weight is 1610 g/mol. The Bertz CT molecular complexity index is 4550. The highest BCUT2D eigenvalue weighted by molar-refractivity contribution is 6.15. The predicted molar refractivity (Wildman–Crippen MR) is 406 cm³/mol. The van der Waals surface area contributed by atoms with Crippen molar-refractivity contribution in [1.82, 2.24) is 10.6 Å². The molecule has 9 rings (SSSR count). The molecule has 0 unspecified atom stereocenters. The van der Waals surface area contributed by atoms with Gasteiger partial charge < -0.3 is 41.4 Å². The third kappa shape index (κ3) is 29.8. The van der Waals surface area contributed by atoms with Gasteiger partial charge in [0.25, 0.3) is 0 Å². The van der Waals surface area contributed by atoms with Gasteiger partial charge in [-0.05, 0) is 83.9 Å². The van der Waals surface area contributed by atoms with Crippen molar-refractivity contribution in [2.75, 3.05) is 27.7 Å². The van der Waals surface area contributed by atoms with Crippen molar-refractivity contribution in [1.29, 1.82) is 0 Å². The number of carbonyl (C=O) groups excluding carboxylic acids is 8. The van der Waals surface area contributed by atoms with Crippen molar-refractivity contribution >= 4 is 64.6 Å². The number of hydrogen-bond donors (Lipinski definition) is 5. The lowest BCUT2D eigenvalue weighted by molar-refractivity contribution is -0.147. The molecule has 17 nitrogen and oxygen atoms in total. The number of halogens is 11. The lowest BCUT2D eigenvalue weighted by atomic mass is 9.90. The van der Waals surface area contributed by atoms with Crippen LogP contribution in [0.5, 0.6) is 0 Å². The van der Waals surface area contributed by atoms with Crippen molar-refractivity contribution in [2.24, 2.45) is 29.2 Å². The van der Waals surface area contributed by atoms with Crippen molar-refractivity contribution in [3.8, 4) is 0 Å². The number of ether oxygens (including phenoxy) is 3. The second-order valence-electron chi connectivity index (χ2n) is 25.7. The number of carbonyl (C=O) groups is 9. The zero-order chi connectivity index (χ0) is 84.0. The van der Waals surface area contributed by atoms with Crippen LogP contribution in [0.3, 0.4) is 0 Å². The smallest absolute Gasteiger partial charge is 0.322 e. The van der Waals surface area contributed by atoms with E-state index in [2.05, 4.69) is 27.0 Å². The monoisotopic (exact) mass is 1610 g/mol. The van der Waals surface area contributed by atoms with Gasteiger partial charge in [0.1, 0.15) is 6.04 Å². The van der Waals surface area contributed by atoms with Crippen LogP contribution in [0, 0.1) is 75.9 Å². The van der Waals surface area contributed by atoms with Gasteiger partial charge in [0.15, 0.2) is 63.9 Å². The average Bonchev–Trinajstić information content (AvgIpc) is 0.799. The van der Waals surface area contributed by atoms with E-state index in [9.17, 15) is 92.2 Å². The van der Waals surface area contributed by atoms with E-state index in [1.165, 1.54) is 27.7 Å². The van der Waals surface area contributed by atoms with Crippen molar-refractivity contribution in [3.05, 3.63) is 321 Å². The molecule has 0 aliphatic heterocycles. The van der Waals surface area contributed by atoms with Crippen LogP contribution in [0.15, 0.2) is 212 Å². The molecule has 604 valence electrons. The van der Waals surface area contributed by atoms with Gasteiger partial charge in [-0.3, -0.25) is 43.2 Å². The molecule has 0 heterocycles. The van der Waals surface area contributed by atoms with Crippen LogP contribution in [0.4, 0.5) is 43.9 Å². The first kappa shape index (κ1) is 92.9. The summed E-state index contributed by atoms with van der Waals surface area (Å²) in [6.45, 7) is 0. The fourth-order valence-corrected chi connectivity index (χ4v) is 11.6. The van der Waals surface area contributed by atoms with Gasteiger partial charge in [-0.1, -0.05) is 212 Å². The number of ketones is 3. The van der Waals surface area contributed by atoms with Crippen LogP contribution < -0.4 is 22.1 Å². The summed E-state index contributed by atoms with van der Waals surface area (Å²) in [6.07, 6.45) is -0.104. The van der Waals surface area contributed by atoms with E-state index in [4.69, 9.17) is 20.9 Å². The van der Waals surface area contributed by atoms with Gasteiger partial charge in [-0.2, -0.15) is 0 Å². The van der Waals surface area contributed by atoms with E-state index in [0.717, 1.165) is 22.3 Å². The Morgan fingerprint density at radius 2 is 0.535 bits per heavy atom. The maximum Gasteiger partial charge on any atom is 0.322 e. The van der Waals surface area contributed by atoms with Crippen molar-refractivity contribution in [2.45, 2.75) is 101 Å². The molecule has 0 aromatic heterocycles. The van der Waals surface area contributed by atoms with Gasteiger partial charge >= 0.3 is 23.9 Å². The number of Topliss-reactive ketones (excluding diaryl/α,β-unsaturated/α-hetero) is 3. The maximum atomic E-state index is 14.1. The Kier molecular flexibility index (Phi) is 39.4. The molecular formula is C86H85ClF10N4O13. The standard InChI is InChI=1S/C28H24F5NO4.C27H22F5NO4.C20H23NO3.C10H13NO2.CH3Cl/c1-38-28(37)18(12-16-8-4-2-5-9-16)14-21(35)20(13-17-10-6-3-7-11-17)34-22(36)15-19-23(29)25(31)27(33)26(32)24(19)30;28-22-18(23(29)25(31)26(32)24(22)30)14-21(35)33-19(12-16-9-5-2-6-10-16)20(34)13-17(27(36)37)11-15-7-3-1-4-8-15;1-24-20(23)17(12-15-8-4-2-5-9-15)14-19(22)18(21)13-16-10-6-3-7-11-16;1-13-10(12)9(11)7-8-5-3-2-4-6-8;1-2/h2-11,18,20H,12-15H2,1H3,(H,34,36);1-10,17,19H,11-14H2,(H,33,35)(H,36,37);2-11,17-18H,12-14,21H2,1H3;2-6,9H,7,11H2,1H3;1H3/t18-,20+;17-,19+;17-,18+;9-;/m1110./s1. The van der Waals surface area contributed by atoms with Gasteiger partial charge in [-0.25, -0.2) is 43.9 Å². The number of nitrogens with two attached hydrogens (primary N) is 2. The number of nitrogens with one attached hydrogen (secondary N) is 2. The molecule has 28 heteroatoms. The van der Waals surface area contributed by atoms with E-state index in [1.54, 1.807) is 121 Å². The minimum Gasteiger partial charge on any atom is -0.481 e. The van der Waals surface area contributed by atoms with Crippen LogP contribution in [-0.4, -0.2) is 110 Å². The van der Waals surface area contributed by atoms with E-state index in [-0.39, 0.29) is 56.2 Å². The van der Waals surface area contributed by atoms with E-state index in [0.29, 0.717) is 36.0 Å². The molecule has 9 aromatic carbocycles. The van der Waals surface area contributed by atoms with Gasteiger partial charge in [0, 0.05) is 36.8 Å². The molecule has 0 aliphatic rings. The number of aliphatic carboxylic acids is 1. The first-order chi connectivity index (χ1) is 54.5. The molecule has 7 atom stereocenters. The Labute approximate surface area is 657 Å². The van der Waals surface area contributed by atoms with Crippen molar-refractivity contribution < 1.29 is 106 Å². The molecule has 0 spiro atoms. The second kappa shape index (κ2) is 48.3. The number of amides is 2. The fraction of sp³-hybridized carbons (Fsp3) is 0.267. The molecule has 7 N–H and O–H groups in total. The van der Waals surface area contributed by atoms with Gasteiger partial charge in [0.2, 0.25) is 23.4 Å². The Morgan fingerprint density at radius 3 is 0.798 bits per heavy atom. The summed E-state index contributed by atoms with van der Waals surface area (Å²) in [5, 5.41) is 14.3. The summed E-state index contributed by atoms with van der Waals surface area (Å²) in [6, 6.07) is 59.4. The maximum absolute atomic E-state index is 14.1. The van der Waals surface area contributed by atoms with Crippen molar-refractivity contribution in [3.63, 3.8) is 0 Å². The highest BCUT2D eigenvalue weighted by Crippen LogP contribution is 2.27. The largest absolute Gasteiger partial charge is 0.481 e. The number of carboxylic acid groups (broad SMARTS) is 1. The Balaban J connectivity index is 0.000000285. The summed E-state index contributed by atoms with van der Waals surface area (Å²) < 4.78 is 151. The Morgan fingerprint density at radius 1 is 0.316 bits per heavy atom. The molecular weight excluding hydrogens is 1520 g/mol. The quantitative estimate of drug-likeness (QED) is 0.00639. The lowest BCUT2D eigenvalue weighted by Gasteiger charge is -2.21. The second-order valence-corrected chi connectivity index (χ2v) is 25.7. The van der Waals surface area contributed by atoms with Crippen LogP contribution >= 0.6 is 11.6 Å². The topological polar surface area (TPSA) is 278 Å². The number of carboxylic acids is 1. The number of benzene rings is 9. The summed E-state index contributed by atoms with van der Waals surface area (Å²) in [4.78, 5) is 111. The van der Waals surface area contributed by atoms with Gasteiger partial charge in [0.05, 0.1) is 70.1 Å². The lowest BCUT2D eigenvalue weighted by Crippen LogP contribution is -2.44. The van der Waals surface area contributed by atoms with Crippen LogP contribution in [0.2, 0.25) is 0 Å². The predicted octanol–water partition coefficient (Wildman–Crippen LogP) is 13.3. The summed E-state index contributed by atoms with van der Waals surface area (Å²) in [5.41, 5.74) is 14.7. The molecule has 0 fully saturated rings. The molecule has 0 radical (unpaired) electrons. The van der Waals surface area contributed by atoms with Crippen LogP contribution in [0.25, 0.3) is 0 Å². The van der Waals surface area contributed by atoms with Gasteiger partial charge in [-0.15, -0.1) is 11.6 Å². The minimum atomic E-state index is -2.35. The van der Waals surface area contributed by atoms with Crippen LogP contribution in [-0.2, 0) is 115 Å². The first-order valence-electron chi connectivity index (χ1n) is 35.3. The van der Waals surface area contributed by atoms with Crippen LogP contribution in [0.1, 0.15) is 69.3 Å². The number of esters is 3. The molecule has 0 saturated heterocycles. The molecule has 9 aromatic rings. The highest BCUT2D eigenvalue weighted by Gasteiger charge is 2.34. The number of hydrogen-bond acceptors (Lipinski definition) is 14. The summed E-state index contributed by atoms with van der Waals surface area (Å²) >= 11 is 4.64. The summed E-state index contributed by atoms with van der Waals surface area (Å²) in [7, 11) is 3.86. The number of rotatable bonds is 33. The third-order valence-electron chi connectivity index (χ3n) is 17.5. The normalized spacial score (nSPS) is 12.4. The zero-order valence-corrected chi connectivity index (χ0v) is 63.1. The fourth-order valence-electron chi connectivity index (χ4n) is 11.6. The number of methoxy groups -OCH3 is 3. The first-order valence-corrected chi connectivity index (χ1v) is 36.1. The molecule has 114 heavy (non-hydrogen) atoms. The highest BCUT2D eigenvalue weighted by atomic mass is 35.5. The van der Waals surface area contributed by atoms with E-state index in [1.807, 2.05) is 91.0 Å². The SMILES string of the molecule is CCl.COC(=O)[C@@H](CC(=O)[C@@H](N)Cc1ccccc1)Cc1ccccc1.COC(=O)[C@@H](CC(=O)[C@H](Cc1ccccc1)NC(=O)Cc1c(F)c(F)c(F)c(F)c1F)Cc1ccccc1.COC(=O)[C@@H](N)Cc1ccccc1.O=C(Cc1c(F)c(F)c(F)c(F)c1F)N[C@@H](Cc1ccccc1)C(=O)C[C@@H](Cc1ccccc1)C(=O)O. The molecule has 0 aliphatic carbocycles. The number of alkyl halides is 1. The third-order valence-corrected chi connectivity index (χ3v) is 17.5. The zero-order valence-electron chi connectivity index (χ0n) is 62.4. The Hall–Kier alpha value is -11.7. The molecule has 2 amide bonds. The minimum absolute atomic E-state index is 0.0399. The summed E-state index contributed by atoms with van der Waals surface area (Å²) in [5.74, 6) is -30.8.